The summed E-state index contributed by atoms with van der Waals surface area (Å²) in [7, 11) is 0. The predicted molar refractivity (Wildman–Crippen MR) is 79.7 cm³/mol. The normalized spacial score (nSPS) is 10.9. The molecule has 1 heteroatoms. The summed E-state index contributed by atoms with van der Waals surface area (Å²) in [6.45, 7) is 8.59. The molecule has 1 heterocycles. The van der Waals surface area contributed by atoms with Crippen LogP contribution >= 0.6 is 0 Å². The Morgan fingerprint density at radius 2 is 1.72 bits per heavy atom. The summed E-state index contributed by atoms with van der Waals surface area (Å²) in [4.78, 5) is 0. The number of allylic oxidation sites excluding steroid dienone is 1. The second kappa shape index (κ2) is 4.19. The van der Waals surface area contributed by atoms with Crippen molar-refractivity contribution in [3.63, 3.8) is 0 Å². The first-order valence-electron chi connectivity index (χ1n) is 6.10. The van der Waals surface area contributed by atoms with Crippen molar-refractivity contribution in [1.82, 2.24) is 4.57 Å². The Labute approximate surface area is 107 Å². The van der Waals surface area contributed by atoms with Crippen LogP contribution < -0.4 is 0 Å². The molecule has 0 aliphatic rings. The molecule has 0 amide bonds. The molecule has 1 nitrogen and oxygen atoms in total. The van der Waals surface area contributed by atoms with Gasteiger partial charge in [-0.3, -0.25) is 0 Å². The standard InChI is InChI=1S/C17H15N/c1-3-12-18-16-11-6-5-9-14(16)15-10-7-8-13(4-2)17(15)18/h3-11H,1-2,12H2. The fourth-order valence-electron chi connectivity index (χ4n) is 2.62. The molecule has 0 saturated carbocycles. The molecule has 0 radical (unpaired) electrons. The number of fused-ring (bicyclic) bond motifs is 3. The van der Waals surface area contributed by atoms with E-state index in [1.165, 1.54) is 27.4 Å². The average molecular weight is 233 g/mol. The molecule has 0 aliphatic heterocycles. The molecule has 2 aromatic carbocycles. The van der Waals surface area contributed by atoms with Crippen LogP contribution in [0.3, 0.4) is 0 Å². The molecule has 88 valence electrons. The number of aromatic nitrogens is 1. The molecule has 3 rings (SSSR count). The largest absolute Gasteiger partial charge is 0.336 e. The Morgan fingerprint density at radius 3 is 2.50 bits per heavy atom. The first kappa shape index (κ1) is 10.8. The monoisotopic (exact) mass is 233 g/mol. The molecular formula is C17H15N. The van der Waals surface area contributed by atoms with Crippen LogP contribution in [0.4, 0.5) is 0 Å². The third kappa shape index (κ3) is 1.41. The molecule has 0 spiro atoms. The summed E-state index contributed by atoms with van der Waals surface area (Å²) in [6, 6.07) is 14.9. The second-order valence-electron chi connectivity index (χ2n) is 4.36. The van der Waals surface area contributed by atoms with Crippen LogP contribution in [0.2, 0.25) is 0 Å². The van der Waals surface area contributed by atoms with Gasteiger partial charge < -0.3 is 4.57 Å². The van der Waals surface area contributed by atoms with E-state index in [0.717, 1.165) is 6.54 Å². The highest BCUT2D eigenvalue weighted by Gasteiger charge is 2.10. The lowest BCUT2D eigenvalue weighted by Gasteiger charge is -2.05. The van der Waals surface area contributed by atoms with Gasteiger partial charge in [-0.15, -0.1) is 6.58 Å². The summed E-state index contributed by atoms with van der Waals surface area (Å²) in [5.41, 5.74) is 3.67. The first-order valence-corrected chi connectivity index (χ1v) is 6.10. The number of hydrogen-bond acceptors (Lipinski definition) is 0. The van der Waals surface area contributed by atoms with Gasteiger partial charge in [0, 0.05) is 22.8 Å². The van der Waals surface area contributed by atoms with Gasteiger partial charge in [0.15, 0.2) is 0 Å². The van der Waals surface area contributed by atoms with Gasteiger partial charge in [-0.1, -0.05) is 55.1 Å². The first-order chi connectivity index (χ1) is 8.86. The maximum atomic E-state index is 3.91. The lowest BCUT2D eigenvalue weighted by atomic mass is 10.1. The van der Waals surface area contributed by atoms with Crippen LogP contribution in [-0.2, 0) is 6.54 Å². The maximum absolute atomic E-state index is 3.91. The lowest BCUT2D eigenvalue weighted by molar-refractivity contribution is 0.900. The number of rotatable bonds is 3. The van der Waals surface area contributed by atoms with Crippen molar-refractivity contribution in [2.45, 2.75) is 6.54 Å². The van der Waals surface area contributed by atoms with Crippen molar-refractivity contribution in [1.29, 1.82) is 0 Å². The zero-order valence-corrected chi connectivity index (χ0v) is 10.3. The third-order valence-electron chi connectivity index (χ3n) is 3.35. The Hall–Kier alpha value is -2.28. The third-order valence-corrected chi connectivity index (χ3v) is 3.35. The van der Waals surface area contributed by atoms with Crippen LogP contribution in [0.5, 0.6) is 0 Å². The van der Waals surface area contributed by atoms with Crippen LogP contribution in [0.25, 0.3) is 27.9 Å². The Morgan fingerprint density at radius 1 is 0.944 bits per heavy atom. The molecule has 18 heavy (non-hydrogen) atoms. The fraction of sp³-hybridized carbons (Fsp3) is 0.0588. The smallest absolute Gasteiger partial charge is 0.0567 e. The number of hydrogen-bond donors (Lipinski definition) is 0. The summed E-state index contributed by atoms with van der Waals surface area (Å²) in [5, 5.41) is 2.57. The van der Waals surface area contributed by atoms with Gasteiger partial charge in [-0.25, -0.2) is 0 Å². The van der Waals surface area contributed by atoms with E-state index in [2.05, 4.69) is 60.2 Å². The summed E-state index contributed by atoms with van der Waals surface area (Å²) < 4.78 is 2.30. The van der Waals surface area contributed by atoms with Crippen molar-refractivity contribution >= 4 is 27.9 Å². The van der Waals surface area contributed by atoms with E-state index in [9.17, 15) is 0 Å². The Balaban J connectivity index is 2.57. The SMILES string of the molecule is C=CCn1c2ccccc2c2cccc(C=C)c21. The highest BCUT2D eigenvalue weighted by Crippen LogP contribution is 2.31. The minimum atomic E-state index is 0.814. The lowest BCUT2D eigenvalue weighted by Crippen LogP contribution is -1.95. The molecule has 0 aliphatic carbocycles. The molecule has 0 saturated heterocycles. The molecule has 0 atom stereocenters. The highest BCUT2D eigenvalue weighted by molar-refractivity contribution is 6.10. The average Bonchev–Trinajstić information content (AvgIpc) is 2.74. The van der Waals surface area contributed by atoms with Gasteiger partial charge in [0.25, 0.3) is 0 Å². The van der Waals surface area contributed by atoms with E-state index in [0.29, 0.717) is 0 Å². The van der Waals surface area contributed by atoms with Crippen LogP contribution in [0, 0.1) is 0 Å². The zero-order chi connectivity index (χ0) is 12.5. The second-order valence-corrected chi connectivity index (χ2v) is 4.36. The summed E-state index contributed by atoms with van der Waals surface area (Å²) in [6.07, 6.45) is 3.85. The van der Waals surface area contributed by atoms with E-state index >= 15 is 0 Å². The Bertz CT molecular complexity index is 747. The van der Waals surface area contributed by atoms with Crippen molar-refractivity contribution in [2.24, 2.45) is 0 Å². The molecule has 0 unspecified atom stereocenters. The van der Waals surface area contributed by atoms with E-state index in [-0.39, 0.29) is 0 Å². The molecular weight excluding hydrogens is 218 g/mol. The van der Waals surface area contributed by atoms with Gasteiger partial charge in [-0.05, 0) is 11.6 Å². The minimum absolute atomic E-state index is 0.814. The van der Waals surface area contributed by atoms with Crippen LogP contribution in [0.15, 0.2) is 61.7 Å². The van der Waals surface area contributed by atoms with Gasteiger partial charge in [-0.2, -0.15) is 0 Å². The quantitative estimate of drug-likeness (QED) is 0.581. The minimum Gasteiger partial charge on any atom is -0.336 e. The fourth-order valence-corrected chi connectivity index (χ4v) is 2.62. The molecule has 0 fully saturated rings. The van der Waals surface area contributed by atoms with Gasteiger partial charge >= 0.3 is 0 Å². The zero-order valence-electron chi connectivity index (χ0n) is 10.3. The maximum Gasteiger partial charge on any atom is 0.0567 e. The van der Waals surface area contributed by atoms with Crippen molar-refractivity contribution in [2.75, 3.05) is 0 Å². The van der Waals surface area contributed by atoms with Crippen LogP contribution in [-0.4, -0.2) is 4.57 Å². The molecule has 0 N–H and O–H groups in total. The summed E-state index contributed by atoms with van der Waals surface area (Å²) in [5.74, 6) is 0. The van der Waals surface area contributed by atoms with Gasteiger partial charge in [0.2, 0.25) is 0 Å². The van der Waals surface area contributed by atoms with E-state index in [4.69, 9.17) is 0 Å². The molecule has 3 aromatic rings. The van der Waals surface area contributed by atoms with Gasteiger partial charge in [0.1, 0.15) is 0 Å². The number of benzene rings is 2. The Kier molecular flexibility index (Phi) is 2.52. The number of para-hydroxylation sites is 2. The van der Waals surface area contributed by atoms with Gasteiger partial charge in [0.05, 0.1) is 5.52 Å². The summed E-state index contributed by atoms with van der Waals surface area (Å²) >= 11 is 0. The van der Waals surface area contributed by atoms with E-state index in [1.807, 2.05) is 12.2 Å². The van der Waals surface area contributed by atoms with E-state index < -0.39 is 0 Å². The molecule has 0 bridgehead atoms. The topological polar surface area (TPSA) is 4.93 Å². The predicted octanol–water partition coefficient (Wildman–Crippen LogP) is 4.62. The number of nitrogens with zero attached hydrogens (tertiary/aromatic N) is 1. The van der Waals surface area contributed by atoms with Crippen LogP contribution in [0.1, 0.15) is 5.56 Å². The van der Waals surface area contributed by atoms with Crippen molar-refractivity contribution in [3.05, 3.63) is 67.3 Å². The van der Waals surface area contributed by atoms with Crippen molar-refractivity contribution < 1.29 is 0 Å². The van der Waals surface area contributed by atoms with Crippen molar-refractivity contribution in [3.8, 4) is 0 Å². The van der Waals surface area contributed by atoms with E-state index in [1.54, 1.807) is 0 Å². The molecule has 1 aromatic heterocycles. The highest BCUT2D eigenvalue weighted by atomic mass is 15.0.